The van der Waals surface area contributed by atoms with Gasteiger partial charge in [0.05, 0.1) is 18.1 Å². The molecule has 4 rings (SSSR count). The van der Waals surface area contributed by atoms with Gasteiger partial charge in [0.2, 0.25) is 5.95 Å². The van der Waals surface area contributed by atoms with Crippen LogP contribution < -0.4 is 19.9 Å². The molecule has 0 aliphatic carbocycles. The van der Waals surface area contributed by atoms with Crippen LogP contribution in [0.3, 0.4) is 0 Å². The Kier molecular flexibility index (Phi) is 6.24. The molecule has 1 saturated heterocycles. The normalized spacial score (nSPS) is 13.8. The maximum absolute atomic E-state index is 12.1. The van der Waals surface area contributed by atoms with E-state index in [1.54, 1.807) is 42.9 Å². The Morgan fingerprint density at radius 1 is 0.967 bits per heavy atom. The number of nitrogens with one attached hydrogen (secondary N) is 1. The SMILES string of the molecule is O=C(COc1ccc(Cl)cc1)Nc1cnc(N2CCN(c3ccccn3)CC2)nc1. The number of aromatic nitrogens is 3. The van der Waals surface area contributed by atoms with E-state index in [0.717, 1.165) is 32.0 Å². The molecular weight excluding hydrogens is 404 g/mol. The van der Waals surface area contributed by atoms with E-state index in [1.165, 1.54) is 0 Å². The fourth-order valence-electron chi connectivity index (χ4n) is 3.10. The maximum atomic E-state index is 12.1. The third-order valence-corrected chi connectivity index (χ3v) is 4.89. The highest BCUT2D eigenvalue weighted by Crippen LogP contribution is 2.17. The summed E-state index contributed by atoms with van der Waals surface area (Å²) in [5, 5.41) is 3.35. The topological polar surface area (TPSA) is 83.5 Å². The van der Waals surface area contributed by atoms with Crippen molar-refractivity contribution < 1.29 is 9.53 Å². The zero-order valence-electron chi connectivity index (χ0n) is 16.2. The third kappa shape index (κ3) is 5.15. The van der Waals surface area contributed by atoms with Gasteiger partial charge in [0.15, 0.2) is 6.61 Å². The fourth-order valence-corrected chi connectivity index (χ4v) is 3.23. The number of anilines is 3. The number of ether oxygens (including phenoxy) is 1. The van der Waals surface area contributed by atoms with Crippen LogP contribution in [0.15, 0.2) is 61.1 Å². The molecule has 1 aliphatic heterocycles. The van der Waals surface area contributed by atoms with E-state index >= 15 is 0 Å². The molecule has 1 amide bonds. The molecule has 0 bridgehead atoms. The molecule has 0 unspecified atom stereocenters. The molecule has 0 saturated carbocycles. The van der Waals surface area contributed by atoms with Crippen molar-refractivity contribution in [3.8, 4) is 5.75 Å². The van der Waals surface area contributed by atoms with E-state index < -0.39 is 0 Å². The highest BCUT2D eigenvalue weighted by atomic mass is 35.5. The van der Waals surface area contributed by atoms with Gasteiger partial charge in [0.1, 0.15) is 11.6 Å². The lowest BCUT2D eigenvalue weighted by Crippen LogP contribution is -2.47. The average Bonchev–Trinajstić information content (AvgIpc) is 2.80. The lowest BCUT2D eigenvalue weighted by atomic mass is 10.3. The van der Waals surface area contributed by atoms with Crippen LogP contribution in [0.1, 0.15) is 0 Å². The van der Waals surface area contributed by atoms with E-state index in [1.807, 2.05) is 18.2 Å². The number of rotatable bonds is 6. The van der Waals surface area contributed by atoms with Gasteiger partial charge in [0.25, 0.3) is 5.91 Å². The Morgan fingerprint density at radius 3 is 2.33 bits per heavy atom. The molecule has 0 spiro atoms. The fraction of sp³-hybridized carbons (Fsp3) is 0.238. The minimum absolute atomic E-state index is 0.112. The van der Waals surface area contributed by atoms with Crippen LogP contribution in [0.2, 0.25) is 5.02 Å². The molecular formula is C21H21ClN6O2. The van der Waals surface area contributed by atoms with Gasteiger partial charge in [-0.05, 0) is 36.4 Å². The highest BCUT2D eigenvalue weighted by molar-refractivity contribution is 6.30. The van der Waals surface area contributed by atoms with Gasteiger partial charge >= 0.3 is 0 Å². The summed E-state index contributed by atoms with van der Waals surface area (Å²) in [6.07, 6.45) is 5.01. The van der Waals surface area contributed by atoms with Crippen molar-refractivity contribution in [3.63, 3.8) is 0 Å². The number of hydrogen-bond donors (Lipinski definition) is 1. The Morgan fingerprint density at radius 2 is 1.67 bits per heavy atom. The van der Waals surface area contributed by atoms with Crippen LogP contribution in [0.5, 0.6) is 5.75 Å². The van der Waals surface area contributed by atoms with Gasteiger partial charge in [-0.2, -0.15) is 0 Å². The first-order chi connectivity index (χ1) is 14.7. The number of piperazine rings is 1. The number of carbonyl (C=O) groups excluding carboxylic acids is 1. The Bertz CT molecular complexity index is 961. The van der Waals surface area contributed by atoms with E-state index in [2.05, 4.69) is 30.1 Å². The van der Waals surface area contributed by atoms with Crippen LogP contribution in [0, 0.1) is 0 Å². The molecule has 8 nitrogen and oxygen atoms in total. The van der Waals surface area contributed by atoms with Crippen LogP contribution in [-0.4, -0.2) is 53.6 Å². The quantitative estimate of drug-likeness (QED) is 0.651. The number of nitrogens with zero attached hydrogens (tertiary/aromatic N) is 5. The Hall–Kier alpha value is -3.39. The second-order valence-electron chi connectivity index (χ2n) is 6.72. The first-order valence-corrected chi connectivity index (χ1v) is 9.96. The van der Waals surface area contributed by atoms with Gasteiger partial charge in [0, 0.05) is 37.4 Å². The monoisotopic (exact) mass is 424 g/mol. The summed E-state index contributed by atoms with van der Waals surface area (Å²) in [7, 11) is 0. The predicted octanol–water partition coefficient (Wildman–Crippen LogP) is 2.87. The first kappa shape index (κ1) is 19.9. The lowest BCUT2D eigenvalue weighted by Gasteiger charge is -2.35. The van der Waals surface area contributed by atoms with Crippen molar-refractivity contribution in [2.24, 2.45) is 0 Å². The van der Waals surface area contributed by atoms with Gasteiger partial charge in [-0.3, -0.25) is 4.79 Å². The lowest BCUT2D eigenvalue weighted by molar-refractivity contribution is -0.118. The van der Waals surface area contributed by atoms with Gasteiger partial charge in [-0.1, -0.05) is 17.7 Å². The molecule has 1 N–H and O–H groups in total. The molecule has 0 atom stereocenters. The van der Waals surface area contributed by atoms with Crippen LogP contribution in [0.25, 0.3) is 0 Å². The van der Waals surface area contributed by atoms with Gasteiger partial charge in [-0.15, -0.1) is 0 Å². The summed E-state index contributed by atoms with van der Waals surface area (Å²) in [6, 6.07) is 12.8. The minimum atomic E-state index is -0.287. The number of carbonyl (C=O) groups is 1. The number of pyridine rings is 1. The molecule has 3 heterocycles. The number of benzene rings is 1. The predicted molar refractivity (Wildman–Crippen MR) is 116 cm³/mol. The van der Waals surface area contributed by atoms with Crippen LogP contribution in [-0.2, 0) is 4.79 Å². The summed E-state index contributed by atoms with van der Waals surface area (Å²) in [6.45, 7) is 3.19. The average molecular weight is 425 g/mol. The zero-order chi connectivity index (χ0) is 20.8. The van der Waals surface area contributed by atoms with Crippen LogP contribution in [0.4, 0.5) is 17.5 Å². The highest BCUT2D eigenvalue weighted by Gasteiger charge is 2.19. The molecule has 9 heteroatoms. The summed E-state index contributed by atoms with van der Waals surface area (Å²) < 4.78 is 5.43. The molecule has 0 radical (unpaired) electrons. The van der Waals surface area contributed by atoms with Gasteiger partial charge in [-0.25, -0.2) is 15.0 Å². The van der Waals surface area contributed by atoms with Crippen molar-refractivity contribution in [1.82, 2.24) is 15.0 Å². The van der Waals surface area contributed by atoms with Crippen molar-refractivity contribution >= 4 is 35.0 Å². The Labute approximate surface area is 179 Å². The molecule has 154 valence electrons. The number of amides is 1. The van der Waals surface area contributed by atoms with Gasteiger partial charge < -0.3 is 19.9 Å². The zero-order valence-corrected chi connectivity index (χ0v) is 17.0. The third-order valence-electron chi connectivity index (χ3n) is 4.64. The second-order valence-corrected chi connectivity index (χ2v) is 7.16. The van der Waals surface area contributed by atoms with Crippen molar-refractivity contribution in [2.45, 2.75) is 0 Å². The number of hydrogen-bond acceptors (Lipinski definition) is 7. The summed E-state index contributed by atoms with van der Waals surface area (Å²) in [5.41, 5.74) is 0.524. The second kappa shape index (κ2) is 9.41. The maximum Gasteiger partial charge on any atom is 0.262 e. The van der Waals surface area contributed by atoms with E-state index in [-0.39, 0.29) is 12.5 Å². The molecule has 30 heavy (non-hydrogen) atoms. The summed E-state index contributed by atoms with van der Waals surface area (Å²) in [5.74, 6) is 1.92. The molecule has 1 aromatic carbocycles. The van der Waals surface area contributed by atoms with E-state index in [4.69, 9.17) is 16.3 Å². The van der Waals surface area contributed by atoms with E-state index in [0.29, 0.717) is 22.4 Å². The summed E-state index contributed by atoms with van der Waals surface area (Å²) >= 11 is 5.83. The minimum Gasteiger partial charge on any atom is -0.484 e. The molecule has 1 aliphatic rings. The molecule has 2 aromatic heterocycles. The van der Waals surface area contributed by atoms with Crippen molar-refractivity contribution in [3.05, 3.63) is 66.1 Å². The standard InChI is InChI=1S/C21H21ClN6O2/c22-16-4-6-18(7-5-16)30-15-20(29)26-17-13-24-21(25-14-17)28-11-9-27(10-12-28)19-3-1-2-8-23-19/h1-8,13-14H,9-12,15H2,(H,26,29). The number of halogens is 1. The smallest absolute Gasteiger partial charge is 0.262 e. The summed E-state index contributed by atoms with van der Waals surface area (Å²) in [4.78, 5) is 29.6. The Balaban J connectivity index is 1.26. The van der Waals surface area contributed by atoms with Crippen molar-refractivity contribution in [2.75, 3.05) is 47.9 Å². The van der Waals surface area contributed by atoms with E-state index in [9.17, 15) is 4.79 Å². The first-order valence-electron chi connectivity index (χ1n) is 9.58. The molecule has 1 fully saturated rings. The van der Waals surface area contributed by atoms with Crippen LogP contribution >= 0.6 is 11.6 Å². The largest absolute Gasteiger partial charge is 0.484 e. The van der Waals surface area contributed by atoms with Crippen molar-refractivity contribution in [1.29, 1.82) is 0 Å². The molecule has 3 aromatic rings.